The van der Waals surface area contributed by atoms with Crippen molar-refractivity contribution in [2.75, 3.05) is 52.5 Å². The van der Waals surface area contributed by atoms with E-state index in [-0.39, 0.29) is 0 Å². The first-order valence-electron chi connectivity index (χ1n) is 7.44. The van der Waals surface area contributed by atoms with E-state index < -0.39 is 0 Å². The number of piperidine rings is 1. The molecule has 2 fully saturated rings. The maximum Gasteiger partial charge on any atom is 0.0594 e. The molecule has 0 radical (unpaired) electrons. The number of likely N-dealkylation sites (tertiary alicyclic amines) is 1. The van der Waals surface area contributed by atoms with E-state index in [1.165, 1.54) is 32.4 Å². The topological polar surface area (TPSA) is 35.9 Å². The zero-order valence-corrected chi connectivity index (χ0v) is 11.7. The van der Waals surface area contributed by atoms with Crippen LogP contribution in [0, 0.1) is 5.92 Å². The summed E-state index contributed by atoms with van der Waals surface area (Å²) in [7, 11) is 0. The molecule has 2 atom stereocenters. The lowest BCUT2D eigenvalue weighted by molar-refractivity contribution is 0.0325. The van der Waals surface area contributed by atoms with Crippen LogP contribution in [0.5, 0.6) is 0 Å². The highest BCUT2D eigenvalue weighted by atomic mass is 16.5. The number of nitrogens with zero attached hydrogens (tertiary/aromatic N) is 2. The van der Waals surface area contributed by atoms with Crippen LogP contribution in [0.3, 0.4) is 0 Å². The zero-order valence-electron chi connectivity index (χ0n) is 11.7. The summed E-state index contributed by atoms with van der Waals surface area (Å²) in [5.74, 6) is 0.504. The fraction of sp³-hybridized carbons (Fsp3) is 1.00. The van der Waals surface area contributed by atoms with E-state index in [9.17, 15) is 5.11 Å². The largest absolute Gasteiger partial charge is 0.396 e. The zero-order chi connectivity index (χ0) is 12.8. The molecule has 4 nitrogen and oxygen atoms in total. The molecule has 0 aromatic heterocycles. The Hall–Kier alpha value is -0.160. The van der Waals surface area contributed by atoms with Gasteiger partial charge in [0.05, 0.1) is 13.2 Å². The summed E-state index contributed by atoms with van der Waals surface area (Å²) in [4.78, 5) is 5.06. The van der Waals surface area contributed by atoms with Gasteiger partial charge in [-0.2, -0.15) is 0 Å². The van der Waals surface area contributed by atoms with Crippen LogP contribution < -0.4 is 0 Å². The van der Waals surface area contributed by atoms with Gasteiger partial charge in [-0.25, -0.2) is 0 Å². The van der Waals surface area contributed by atoms with E-state index in [2.05, 4.69) is 16.7 Å². The van der Waals surface area contributed by atoms with E-state index in [0.29, 0.717) is 18.6 Å². The molecule has 4 heteroatoms. The fourth-order valence-electron chi connectivity index (χ4n) is 3.05. The molecule has 1 N–H and O–H groups in total. The third-order valence-corrected chi connectivity index (χ3v) is 4.39. The number of hydrogen-bond acceptors (Lipinski definition) is 4. The Bertz CT molecular complexity index is 232. The van der Waals surface area contributed by atoms with Crippen molar-refractivity contribution in [1.29, 1.82) is 0 Å². The second kappa shape index (κ2) is 7.43. The summed E-state index contributed by atoms with van der Waals surface area (Å²) >= 11 is 0. The highest BCUT2D eigenvalue weighted by Crippen LogP contribution is 2.21. The van der Waals surface area contributed by atoms with Gasteiger partial charge in [0, 0.05) is 32.3 Å². The lowest BCUT2D eigenvalue weighted by Crippen LogP contribution is -2.44. The van der Waals surface area contributed by atoms with Gasteiger partial charge in [-0.15, -0.1) is 0 Å². The number of morpholine rings is 1. The number of aliphatic hydroxyl groups excluding tert-OH is 1. The number of hydrogen-bond donors (Lipinski definition) is 1. The second-order valence-corrected chi connectivity index (χ2v) is 5.78. The Labute approximate surface area is 111 Å². The molecule has 0 aliphatic carbocycles. The van der Waals surface area contributed by atoms with Gasteiger partial charge in [0.1, 0.15) is 0 Å². The van der Waals surface area contributed by atoms with Crippen LogP contribution >= 0.6 is 0 Å². The van der Waals surface area contributed by atoms with Gasteiger partial charge in [-0.1, -0.05) is 0 Å². The molecular formula is C14H28N2O2. The Morgan fingerprint density at radius 2 is 1.94 bits per heavy atom. The standard InChI is InChI=1S/C14H28N2O2/c1-13-3-4-14(12-17)11-16(13)6-2-5-15-7-9-18-10-8-15/h13-14,17H,2-12H2,1H3. The first kappa shape index (κ1) is 14.3. The summed E-state index contributed by atoms with van der Waals surface area (Å²) in [5, 5.41) is 9.28. The van der Waals surface area contributed by atoms with E-state index in [1.54, 1.807) is 0 Å². The van der Waals surface area contributed by atoms with Crippen LogP contribution in [0.4, 0.5) is 0 Å². The molecule has 0 aromatic rings. The third-order valence-electron chi connectivity index (χ3n) is 4.39. The number of rotatable bonds is 5. The van der Waals surface area contributed by atoms with Crippen LogP contribution in [0.25, 0.3) is 0 Å². The molecule has 0 spiro atoms. The van der Waals surface area contributed by atoms with Gasteiger partial charge in [0.15, 0.2) is 0 Å². The predicted octanol–water partition coefficient (Wildman–Crippen LogP) is 0.802. The molecular weight excluding hydrogens is 228 g/mol. The molecule has 2 aliphatic heterocycles. The van der Waals surface area contributed by atoms with E-state index >= 15 is 0 Å². The van der Waals surface area contributed by atoms with Crippen molar-refractivity contribution in [3.63, 3.8) is 0 Å². The van der Waals surface area contributed by atoms with Crippen molar-refractivity contribution in [2.24, 2.45) is 5.92 Å². The predicted molar refractivity (Wildman–Crippen MR) is 72.7 cm³/mol. The average molecular weight is 256 g/mol. The molecule has 2 saturated heterocycles. The van der Waals surface area contributed by atoms with Gasteiger partial charge in [0.25, 0.3) is 0 Å². The van der Waals surface area contributed by atoms with Gasteiger partial charge in [0.2, 0.25) is 0 Å². The fourth-order valence-corrected chi connectivity index (χ4v) is 3.05. The van der Waals surface area contributed by atoms with Crippen LogP contribution in [-0.2, 0) is 4.74 Å². The van der Waals surface area contributed by atoms with E-state index in [4.69, 9.17) is 4.74 Å². The van der Waals surface area contributed by atoms with E-state index in [1.807, 2.05) is 0 Å². The van der Waals surface area contributed by atoms with Gasteiger partial charge >= 0.3 is 0 Å². The maximum absolute atomic E-state index is 9.28. The van der Waals surface area contributed by atoms with E-state index in [0.717, 1.165) is 32.8 Å². The molecule has 2 heterocycles. The van der Waals surface area contributed by atoms with Crippen molar-refractivity contribution < 1.29 is 9.84 Å². The minimum Gasteiger partial charge on any atom is -0.396 e. The second-order valence-electron chi connectivity index (χ2n) is 5.78. The highest BCUT2D eigenvalue weighted by Gasteiger charge is 2.24. The molecule has 0 saturated carbocycles. The van der Waals surface area contributed by atoms with Crippen LogP contribution in [0.2, 0.25) is 0 Å². The normalized spacial score (nSPS) is 31.7. The maximum atomic E-state index is 9.28. The van der Waals surface area contributed by atoms with Gasteiger partial charge < -0.3 is 14.7 Å². The number of ether oxygens (including phenoxy) is 1. The van der Waals surface area contributed by atoms with Crippen LogP contribution in [0.1, 0.15) is 26.2 Å². The Morgan fingerprint density at radius 1 is 1.17 bits per heavy atom. The summed E-state index contributed by atoms with van der Waals surface area (Å²) < 4.78 is 5.36. The summed E-state index contributed by atoms with van der Waals surface area (Å²) in [6, 6.07) is 0.692. The molecule has 0 bridgehead atoms. The minimum atomic E-state index is 0.354. The first-order chi connectivity index (χ1) is 8.79. The monoisotopic (exact) mass is 256 g/mol. The van der Waals surface area contributed by atoms with Crippen molar-refractivity contribution in [2.45, 2.75) is 32.2 Å². The molecule has 0 aromatic carbocycles. The molecule has 106 valence electrons. The first-order valence-corrected chi connectivity index (χ1v) is 7.44. The number of aliphatic hydroxyl groups is 1. The smallest absolute Gasteiger partial charge is 0.0594 e. The molecule has 18 heavy (non-hydrogen) atoms. The lowest BCUT2D eigenvalue weighted by Gasteiger charge is -2.38. The molecule has 2 rings (SSSR count). The molecule has 2 aliphatic rings. The highest BCUT2D eigenvalue weighted by molar-refractivity contribution is 4.78. The Kier molecular flexibility index (Phi) is 5.89. The average Bonchev–Trinajstić information content (AvgIpc) is 2.42. The lowest BCUT2D eigenvalue weighted by atomic mass is 9.94. The summed E-state index contributed by atoms with van der Waals surface area (Å²) in [6.45, 7) is 10.1. The van der Waals surface area contributed by atoms with Gasteiger partial charge in [-0.05, 0) is 45.2 Å². The summed E-state index contributed by atoms with van der Waals surface area (Å²) in [5.41, 5.74) is 0. The summed E-state index contributed by atoms with van der Waals surface area (Å²) in [6.07, 6.45) is 3.67. The minimum absolute atomic E-state index is 0.354. The molecule has 2 unspecified atom stereocenters. The quantitative estimate of drug-likeness (QED) is 0.789. The van der Waals surface area contributed by atoms with Gasteiger partial charge in [-0.3, -0.25) is 4.90 Å². The van der Waals surface area contributed by atoms with Crippen LogP contribution in [0.15, 0.2) is 0 Å². The molecule has 0 amide bonds. The van der Waals surface area contributed by atoms with Crippen molar-refractivity contribution >= 4 is 0 Å². The van der Waals surface area contributed by atoms with Crippen molar-refractivity contribution in [1.82, 2.24) is 9.80 Å². The third kappa shape index (κ3) is 4.19. The Balaban J connectivity index is 1.64. The van der Waals surface area contributed by atoms with Crippen LogP contribution in [-0.4, -0.2) is 73.5 Å². The Morgan fingerprint density at radius 3 is 2.67 bits per heavy atom. The SMILES string of the molecule is CC1CCC(CO)CN1CCCN1CCOCC1. The van der Waals surface area contributed by atoms with Crippen molar-refractivity contribution in [3.8, 4) is 0 Å². The van der Waals surface area contributed by atoms with Crippen molar-refractivity contribution in [3.05, 3.63) is 0 Å².